The molecule has 2 aliphatic rings. The maximum atomic E-state index is 10.6. The zero-order chi connectivity index (χ0) is 7.30. The molecule has 0 aromatic carbocycles. The lowest BCUT2D eigenvalue weighted by Gasteiger charge is -2.04. The summed E-state index contributed by atoms with van der Waals surface area (Å²) >= 11 is 0. The van der Waals surface area contributed by atoms with Crippen LogP contribution in [0.25, 0.3) is 0 Å². The van der Waals surface area contributed by atoms with Gasteiger partial charge in [0, 0.05) is 5.92 Å². The van der Waals surface area contributed by atoms with E-state index in [4.69, 9.17) is 5.11 Å². The van der Waals surface area contributed by atoms with E-state index in [9.17, 15) is 9.59 Å². The zero-order valence-corrected chi connectivity index (χ0v) is 5.11. The van der Waals surface area contributed by atoms with Crippen LogP contribution in [0.15, 0.2) is 0 Å². The smallest absolute Gasteiger partial charge is 0.345 e. The Kier molecular flexibility index (Phi) is 0.859. The van der Waals surface area contributed by atoms with E-state index in [-0.39, 0.29) is 17.8 Å². The van der Waals surface area contributed by atoms with Gasteiger partial charge in [-0.2, -0.15) is 0 Å². The maximum Gasteiger partial charge on any atom is 0.345 e. The van der Waals surface area contributed by atoms with E-state index in [1.54, 1.807) is 0 Å². The van der Waals surface area contributed by atoms with Gasteiger partial charge in [-0.05, 0) is 6.42 Å². The van der Waals surface area contributed by atoms with Gasteiger partial charge in [0.25, 0.3) is 0 Å². The second kappa shape index (κ2) is 1.51. The lowest BCUT2D eigenvalue weighted by molar-refractivity contribution is -0.160. The fourth-order valence-corrected chi connectivity index (χ4v) is 1.35. The van der Waals surface area contributed by atoms with Crippen LogP contribution in [-0.4, -0.2) is 23.1 Å². The first-order valence-corrected chi connectivity index (χ1v) is 3.13. The Hall–Kier alpha value is -1.06. The third-order valence-corrected chi connectivity index (χ3v) is 2.02. The van der Waals surface area contributed by atoms with Crippen molar-refractivity contribution in [1.29, 1.82) is 0 Å². The zero-order valence-electron chi connectivity index (χ0n) is 5.11. The molecule has 0 radical (unpaired) electrons. The highest BCUT2D eigenvalue weighted by atomic mass is 16.6. The number of esters is 1. The molecule has 1 saturated carbocycles. The van der Waals surface area contributed by atoms with Crippen LogP contribution < -0.4 is 0 Å². The van der Waals surface area contributed by atoms with Gasteiger partial charge in [-0.1, -0.05) is 0 Å². The molecule has 0 bridgehead atoms. The predicted molar refractivity (Wildman–Crippen MR) is 29.1 cm³/mol. The molecule has 1 aliphatic carbocycles. The number of hydrogen-bond donors (Lipinski definition) is 1. The van der Waals surface area contributed by atoms with Crippen molar-refractivity contribution in [3.05, 3.63) is 0 Å². The minimum absolute atomic E-state index is 0.0231. The number of carbonyl (C=O) groups excluding carboxylic acids is 1. The molecule has 1 N–H and O–H groups in total. The average molecular weight is 142 g/mol. The molecule has 4 heteroatoms. The molecule has 0 aromatic rings. The minimum atomic E-state index is -1.02. The quantitative estimate of drug-likeness (QED) is 0.507. The van der Waals surface area contributed by atoms with Crippen LogP contribution in [0.3, 0.4) is 0 Å². The first-order chi connectivity index (χ1) is 4.70. The van der Waals surface area contributed by atoms with Crippen LogP contribution in [-0.2, 0) is 14.3 Å². The molecule has 2 rings (SSSR count). The van der Waals surface area contributed by atoms with Gasteiger partial charge in [-0.15, -0.1) is 0 Å². The molecule has 2 fully saturated rings. The molecular weight excluding hydrogens is 136 g/mol. The molecule has 1 heterocycles. The van der Waals surface area contributed by atoms with Crippen molar-refractivity contribution in [2.45, 2.75) is 12.5 Å². The summed E-state index contributed by atoms with van der Waals surface area (Å²) in [6.45, 7) is 0. The monoisotopic (exact) mass is 142 g/mol. The Morgan fingerprint density at radius 3 is 2.60 bits per heavy atom. The van der Waals surface area contributed by atoms with E-state index in [2.05, 4.69) is 4.74 Å². The Morgan fingerprint density at radius 1 is 1.70 bits per heavy atom. The Labute approximate surface area is 56.8 Å². The normalized spacial score (nSPS) is 42.4. The highest BCUT2D eigenvalue weighted by Crippen LogP contribution is 2.48. The van der Waals surface area contributed by atoms with Gasteiger partial charge in [0.15, 0.2) is 0 Å². The van der Waals surface area contributed by atoms with Crippen molar-refractivity contribution in [2.75, 3.05) is 0 Å². The van der Waals surface area contributed by atoms with Crippen molar-refractivity contribution < 1.29 is 19.4 Å². The predicted octanol–water partition coefficient (Wildman–Crippen LogP) is -0.367. The summed E-state index contributed by atoms with van der Waals surface area (Å²) in [5.74, 6) is -1.47. The molecule has 4 nitrogen and oxygen atoms in total. The number of fused-ring (bicyclic) bond motifs is 1. The molecule has 0 spiro atoms. The number of rotatable bonds is 1. The van der Waals surface area contributed by atoms with E-state index in [0.717, 1.165) is 0 Å². The number of carboxylic acid groups (broad SMARTS) is 1. The highest BCUT2D eigenvalue weighted by molar-refractivity contribution is 5.87. The maximum absolute atomic E-state index is 10.6. The van der Waals surface area contributed by atoms with Crippen LogP contribution in [0.1, 0.15) is 6.42 Å². The van der Waals surface area contributed by atoms with Crippen molar-refractivity contribution in [2.24, 2.45) is 11.8 Å². The first-order valence-electron chi connectivity index (χ1n) is 3.13. The fraction of sp³-hybridized carbons (Fsp3) is 0.667. The Bertz CT molecular complexity index is 210. The molecule has 0 amide bonds. The molecule has 3 atom stereocenters. The van der Waals surface area contributed by atoms with E-state index in [1.165, 1.54) is 0 Å². The highest BCUT2D eigenvalue weighted by Gasteiger charge is 2.59. The van der Waals surface area contributed by atoms with Gasteiger partial charge in [0.1, 0.15) is 0 Å². The fourth-order valence-electron chi connectivity index (χ4n) is 1.35. The van der Waals surface area contributed by atoms with E-state index >= 15 is 0 Å². The van der Waals surface area contributed by atoms with Crippen molar-refractivity contribution in [3.8, 4) is 0 Å². The average Bonchev–Trinajstić information content (AvgIpc) is 2.55. The molecule has 1 saturated heterocycles. The van der Waals surface area contributed by atoms with Gasteiger partial charge in [0.2, 0.25) is 6.10 Å². The summed E-state index contributed by atoms with van der Waals surface area (Å²) in [5.41, 5.74) is 0. The van der Waals surface area contributed by atoms with Gasteiger partial charge >= 0.3 is 11.9 Å². The number of hydrogen-bond acceptors (Lipinski definition) is 3. The summed E-state index contributed by atoms with van der Waals surface area (Å²) in [6.07, 6.45) is -0.145. The Balaban J connectivity index is 2.15. The van der Waals surface area contributed by atoms with Crippen molar-refractivity contribution in [3.63, 3.8) is 0 Å². The van der Waals surface area contributed by atoms with Crippen molar-refractivity contribution in [1.82, 2.24) is 0 Å². The lowest BCUT2D eigenvalue weighted by atomic mass is 10.2. The molecule has 3 unspecified atom stereocenters. The van der Waals surface area contributed by atoms with Crippen LogP contribution in [0, 0.1) is 11.8 Å². The number of carbonyl (C=O) groups is 2. The Morgan fingerprint density at radius 2 is 2.40 bits per heavy atom. The van der Waals surface area contributed by atoms with E-state index < -0.39 is 12.1 Å². The largest absolute Gasteiger partial charge is 0.478 e. The molecule has 54 valence electrons. The summed E-state index contributed by atoms with van der Waals surface area (Å²) in [7, 11) is 0. The third-order valence-electron chi connectivity index (χ3n) is 2.02. The van der Waals surface area contributed by atoms with Crippen LogP contribution in [0.4, 0.5) is 0 Å². The summed E-state index contributed by atoms with van der Waals surface area (Å²) in [6, 6.07) is 0. The van der Waals surface area contributed by atoms with Gasteiger partial charge in [-0.25, -0.2) is 4.79 Å². The van der Waals surface area contributed by atoms with Crippen LogP contribution in [0.2, 0.25) is 0 Å². The van der Waals surface area contributed by atoms with E-state index in [0.29, 0.717) is 6.42 Å². The number of carboxylic acids is 1. The van der Waals surface area contributed by atoms with Gasteiger partial charge < -0.3 is 9.84 Å². The SMILES string of the molecule is O=C1OC(C(=O)O)C2CC12. The molecule has 0 aromatic heterocycles. The minimum Gasteiger partial charge on any atom is -0.478 e. The van der Waals surface area contributed by atoms with Gasteiger partial charge in [-0.3, -0.25) is 4.79 Å². The molecule has 1 aliphatic heterocycles. The van der Waals surface area contributed by atoms with Crippen LogP contribution in [0.5, 0.6) is 0 Å². The lowest BCUT2D eigenvalue weighted by Crippen LogP contribution is -2.23. The summed E-state index contributed by atoms with van der Waals surface area (Å²) in [5, 5.41) is 8.45. The first kappa shape index (κ1) is 5.70. The standard InChI is InChI=1S/C6H6O4/c7-5(8)4-2-1-3(2)6(9)10-4/h2-4H,1H2,(H,7,8). The third kappa shape index (κ3) is 0.558. The molecule has 10 heavy (non-hydrogen) atoms. The van der Waals surface area contributed by atoms with Crippen molar-refractivity contribution >= 4 is 11.9 Å². The second-order valence-electron chi connectivity index (χ2n) is 2.70. The summed E-state index contributed by atoms with van der Waals surface area (Å²) in [4.78, 5) is 21.0. The second-order valence-corrected chi connectivity index (χ2v) is 2.70. The van der Waals surface area contributed by atoms with E-state index in [1.807, 2.05) is 0 Å². The number of cyclic esters (lactones) is 1. The molecular formula is C6H6O4. The van der Waals surface area contributed by atoms with Gasteiger partial charge in [0.05, 0.1) is 5.92 Å². The summed E-state index contributed by atoms with van der Waals surface area (Å²) < 4.78 is 4.55. The number of aliphatic carboxylic acids is 1. The number of ether oxygens (including phenoxy) is 1. The topological polar surface area (TPSA) is 63.6 Å². The van der Waals surface area contributed by atoms with Crippen LogP contribution >= 0.6 is 0 Å².